The summed E-state index contributed by atoms with van der Waals surface area (Å²) in [7, 11) is 0. The third-order valence-electron chi connectivity index (χ3n) is 5.96. The van der Waals surface area contributed by atoms with Crippen molar-refractivity contribution in [3.63, 3.8) is 0 Å². The zero-order valence-corrected chi connectivity index (χ0v) is 12.7. The van der Waals surface area contributed by atoms with Crippen LogP contribution in [0.1, 0.15) is 12.0 Å². The van der Waals surface area contributed by atoms with Crippen molar-refractivity contribution in [2.75, 3.05) is 0 Å². The molecule has 4 aliphatic carbocycles. The minimum atomic E-state index is -0.269. The van der Waals surface area contributed by atoms with E-state index in [1.165, 1.54) is 18.3 Å². The number of imide groups is 1. The Kier molecular flexibility index (Phi) is 2.56. The fourth-order valence-corrected chi connectivity index (χ4v) is 4.80. The zero-order chi connectivity index (χ0) is 16.6. The summed E-state index contributed by atoms with van der Waals surface area (Å²) < 4.78 is 0. The summed E-state index contributed by atoms with van der Waals surface area (Å²) in [4.78, 5) is 25.4. The standard InChI is InChI=1S/C18H16N2O4/c21-13-4-1-8(5-14(13)22)7-19-20-17(23)15-9-2-3-10(12-6-11(9)12)16(15)18(20)24/h1-5,7,9-12,15-16,21-22H,6H2/t9-,10-,11-,12-,15-,16+/m0/s1. The van der Waals surface area contributed by atoms with E-state index < -0.39 is 0 Å². The average molecular weight is 324 g/mol. The van der Waals surface area contributed by atoms with Crippen LogP contribution in [-0.4, -0.2) is 33.3 Å². The van der Waals surface area contributed by atoms with Gasteiger partial charge in [0.05, 0.1) is 18.1 Å². The fraction of sp³-hybridized carbons (Fsp3) is 0.389. The van der Waals surface area contributed by atoms with Crippen molar-refractivity contribution in [3.8, 4) is 11.5 Å². The molecule has 6 nitrogen and oxygen atoms in total. The molecule has 1 heterocycles. The molecule has 1 aromatic carbocycles. The SMILES string of the molecule is O=C1[C@@H]2[C@H]3C=C[C@@H]([C@@H]4C[C@@H]34)[C@@H]2C(=O)N1N=Cc1ccc(O)c(O)c1. The number of amides is 2. The van der Waals surface area contributed by atoms with Crippen LogP contribution in [0.15, 0.2) is 35.5 Å². The second kappa shape index (κ2) is 4.47. The molecule has 5 aliphatic rings. The maximum atomic E-state index is 12.7. The molecule has 2 N–H and O–H groups in total. The van der Waals surface area contributed by atoms with E-state index in [1.807, 2.05) is 0 Å². The lowest BCUT2D eigenvalue weighted by atomic mass is 9.63. The molecule has 6 atom stereocenters. The molecular formula is C18H16N2O4. The van der Waals surface area contributed by atoms with Crippen LogP contribution in [0.2, 0.25) is 0 Å². The predicted molar refractivity (Wildman–Crippen MR) is 83.9 cm³/mol. The summed E-state index contributed by atoms with van der Waals surface area (Å²) in [6.45, 7) is 0. The maximum Gasteiger partial charge on any atom is 0.254 e. The number of phenolic OH excluding ortho intramolecular Hbond substituents is 2. The number of hydrazone groups is 1. The molecule has 2 amide bonds. The van der Waals surface area contributed by atoms with Gasteiger partial charge in [-0.25, -0.2) is 0 Å². The van der Waals surface area contributed by atoms with Gasteiger partial charge in [-0.1, -0.05) is 12.2 Å². The van der Waals surface area contributed by atoms with Gasteiger partial charge in [0, 0.05) is 0 Å². The number of nitrogens with zero attached hydrogens (tertiary/aromatic N) is 2. The minimum absolute atomic E-state index is 0.180. The molecule has 1 aromatic rings. The Bertz CT molecular complexity index is 794. The number of phenols is 2. The van der Waals surface area contributed by atoms with Crippen molar-refractivity contribution < 1.29 is 19.8 Å². The Balaban J connectivity index is 1.44. The molecule has 0 aromatic heterocycles. The summed E-state index contributed by atoms with van der Waals surface area (Å²) >= 11 is 0. The van der Waals surface area contributed by atoms with Crippen LogP contribution in [-0.2, 0) is 9.59 Å². The number of rotatable bonds is 2. The maximum absolute atomic E-state index is 12.7. The van der Waals surface area contributed by atoms with Crippen LogP contribution in [0.25, 0.3) is 0 Å². The molecule has 1 aliphatic heterocycles. The summed E-state index contributed by atoms with van der Waals surface area (Å²) in [6, 6.07) is 4.22. The number of hydrogen-bond acceptors (Lipinski definition) is 5. The number of allylic oxidation sites excluding steroid dienone is 2. The van der Waals surface area contributed by atoms with E-state index in [9.17, 15) is 19.8 Å². The lowest BCUT2D eigenvalue weighted by Gasteiger charge is -2.37. The van der Waals surface area contributed by atoms with Crippen molar-refractivity contribution in [2.45, 2.75) is 6.42 Å². The van der Waals surface area contributed by atoms with Crippen LogP contribution in [0.5, 0.6) is 11.5 Å². The lowest BCUT2D eigenvalue weighted by Crippen LogP contribution is -2.40. The average Bonchev–Trinajstić information content (AvgIpc) is 3.35. The van der Waals surface area contributed by atoms with Crippen molar-refractivity contribution >= 4 is 18.0 Å². The highest BCUT2D eigenvalue weighted by Gasteiger charge is 2.67. The Labute approximate surface area is 138 Å². The van der Waals surface area contributed by atoms with E-state index >= 15 is 0 Å². The molecule has 6 rings (SSSR count). The monoisotopic (exact) mass is 324 g/mol. The minimum Gasteiger partial charge on any atom is -0.504 e. The van der Waals surface area contributed by atoms with Gasteiger partial charge in [0.1, 0.15) is 0 Å². The molecule has 6 heteroatoms. The van der Waals surface area contributed by atoms with Gasteiger partial charge in [0.25, 0.3) is 11.8 Å². The Morgan fingerprint density at radius 1 is 1.00 bits per heavy atom. The van der Waals surface area contributed by atoms with Gasteiger partial charge in [-0.3, -0.25) is 9.59 Å². The summed E-state index contributed by atoms with van der Waals surface area (Å²) in [5.74, 6) is 0.0409. The van der Waals surface area contributed by atoms with Crippen molar-refractivity contribution in [1.29, 1.82) is 0 Å². The number of carbonyl (C=O) groups excluding carboxylic acids is 2. The fourth-order valence-electron chi connectivity index (χ4n) is 4.80. The molecule has 3 fully saturated rings. The molecule has 2 saturated carbocycles. The topological polar surface area (TPSA) is 90.2 Å². The van der Waals surface area contributed by atoms with Gasteiger partial charge >= 0.3 is 0 Å². The molecule has 2 bridgehead atoms. The largest absolute Gasteiger partial charge is 0.504 e. The van der Waals surface area contributed by atoms with Crippen LogP contribution in [0.4, 0.5) is 0 Å². The first-order chi connectivity index (χ1) is 11.6. The summed E-state index contributed by atoms with van der Waals surface area (Å²) in [6.07, 6.45) is 6.74. The first kappa shape index (κ1) is 13.8. The van der Waals surface area contributed by atoms with E-state index in [1.54, 1.807) is 6.07 Å². The van der Waals surface area contributed by atoms with Crippen molar-refractivity contribution in [3.05, 3.63) is 35.9 Å². The van der Waals surface area contributed by atoms with E-state index in [-0.39, 0.29) is 47.0 Å². The second-order valence-electron chi connectivity index (χ2n) is 7.14. The highest BCUT2D eigenvalue weighted by molar-refractivity contribution is 6.06. The first-order valence-corrected chi connectivity index (χ1v) is 8.18. The van der Waals surface area contributed by atoms with Gasteiger partial charge in [0.2, 0.25) is 0 Å². The van der Waals surface area contributed by atoms with Gasteiger partial charge in [-0.15, -0.1) is 0 Å². The Morgan fingerprint density at radius 2 is 1.62 bits per heavy atom. The Hall–Kier alpha value is -2.63. The van der Waals surface area contributed by atoms with Crippen molar-refractivity contribution in [1.82, 2.24) is 5.01 Å². The van der Waals surface area contributed by atoms with Crippen LogP contribution < -0.4 is 0 Å². The second-order valence-corrected chi connectivity index (χ2v) is 7.14. The molecule has 0 spiro atoms. The molecule has 1 saturated heterocycles. The molecule has 0 radical (unpaired) electrons. The first-order valence-electron chi connectivity index (χ1n) is 8.18. The number of carbonyl (C=O) groups is 2. The number of aromatic hydroxyl groups is 2. The van der Waals surface area contributed by atoms with E-state index in [2.05, 4.69) is 17.3 Å². The van der Waals surface area contributed by atoms with Crippen LogP contribution in [0.3, 0.4) is 0 Å². The summed E-state index contributed by atoms with van der Waals surface area (Å²) in [5, 5.41) is 23.9. The van der Waals surface area contributed by atoms with Gasteiger partial charge in [-0.05, 0) is 53.9 Å². The van der Waals surface area contributed by atoms with Crippen LogP contribution >= 0.6 is 0 Å². The molecule has 0 unspecified atom stereocenters. The third kappa shape index (κ3) is 1.68. The van der Waals surface area contributed by atoms with Gasteiger partial charge in [-0.2, -0.15) is 10.1 Å². The third-order valence-corrected chi connectivity index (χ3v) is 5.96. The smallest absolute Gasteiger partial charge is 0.254 e. The van der Waals surface area contributed by atoms with Gasteiger partial charge < -0.3 is 10.2 Å². The number of benzene rings is 1. The predicted octanol–water partition coefficient (Wildman–Crippen LogP) is 1.48. The highest BCUT2D eigenvalue weighted by atomic mass is 16.3. The van der Waals surface area contributed by atoms with E-state index in [0.717, 1.165) is 11.4 Å². The van der Waals surface area contributed by atoms with E-state index in [0.29, 0.717) is 17.4 Å². The highest BCUT2D eigenvalue weighted by Crippen LogP contribution is 2.65. The molecule has 122 valence electrons. The molecular weight excluding hydrogens is 308 g/mol. The Morgan fingerprint density at radius 3 is 2.21 bits per heavy atom. The number of hydrogen-bond donors (Lipinski definition) is 2. The molecule has 24 heavy (non-hydrogen) atoms. The van der Waals surface area contributed by atoms with Crippen LogP contribution in [0, 0.1) is 35.5 Å². The lowest BCUT2D eigenvalue weighted by molar-refractivity contribution is -0.140. The summed E-state index contributed by atoms with van der Waals surface area (Å²) in [5.41, 5.74) is 0.504. The normalized spacial score (nSPS) is 38.8. The van der Waals surface area contributed by atoms with Gasteiger partial charge in [0.15, 0.2) is 11.5 Å². The van der Waals surface area contributed by atoms with E-state index in [4.69, 9.17) is 0 Å². The zero-order valence-electron chi connectivity index (χ0n) is 12.7. The van der Waals surface area contributed by atoms with Crippen molar-refractivity contribution in [2.24, 2.45) is 40.6 Å². The quantitative estimate of drug-likeness (QED) is 0.373.